The number of anilines is 2. The highest BCUT2D eigenvalue weighted by Crippen LogP contribution is 2.21. The molecule has 0 unspecified atom stereocenters. The van der Waals surface area contributed by atoms with Crippen molar-refractivity contribution in [3.05, 3.63) is 47.7 Å². The van der Waals surface area contributed by atoms with Crippen LogP contribution < -0.4 is 10.2 Å². The van der Waals surface area contributed by atoms with Crippen LogP contribution in [0.2, 0.25) is 0 Å². The first-order valence-corrected chi connectivity index (χ1v) is 8.66. The normalized spacial score (nSPS) is 14.8. The smallest absolute Gasteiger partial charge is 0.339 e. The van der Waals surface area contributed by atoms with Crippen LogP contribution in [-0.2, 0) is 4.74 Å². The minimum absolute atomic E-state index is 0.193. The first-order chi connectivity index (χ1) is 12.6. The van der Waals surface area contributed by atoms with E-state index in [1.165, 1.54) is 7.11 Å². The van der Waals surface area contributed by atoms with Crippen LogP contribution >= 0.6 is 0 Å². The number of amides is 1. The number of aromatic nitrogens is 2. The molecule has 136 valence electrons. The molecule has 2 aromatic rings. The predicted octanol–water partition coefficient (Wildman–Crippen LogP) is 2.75. The van der Waals surface area contributed by atoms with Gasteiger partial charge >= 0.3 is 5.97 Å². The molecule has 0 saturated carbocycles. The highest BCUT2D eigenvalue weighted by molar-refractivity contribution is 6.07. The first-order valence-electron chi connectivity index (χ1n) is 8.66. The van der Waals surface area contributed by atoms with Gasteiger partial charge in [-0.1, -0.05) is 19.1 Å². The summed E-state index contributed by atoms with van der Waals surface area (Å²) in [5, 5.41) is 10.9. The van der Waals surface area contributed by atoms with Crippen LogP contribution in [0.5, 0.6) is 0 Å². The Kier molecular flexibility index (Phi) is 5.46. The number of para-hydroxylation sites is 1. The van der Waals surface area contributed by atoms with Crippen molar-refractivity contribution in [2.24, 2.45) is 5.92 Å². The zero-order chi connectivity index (χ0) is 18.5. The van der Waals surface area contributed by atoms with Crippen molar-refractivity contribution in [3.8, 4) is 0 Å². The Morgan fingerprint density at radius 2 is 1.85 bits per heavy atom. The number of nitrogens with one attached hydrogen (secondary N) is 1. The average Bonchev–Trinajstić information content (AvgIpc) is 2.68. The second-order valence-corrected chi connectivity index (χ2v) is 6.44. The topological polar surface area (TPSA) is 84.4 Å². The van der Waals surface area contributed by atoms with Gasteiger partial charge in [0.2, 0.25) is 0 Å². The molecule has 0 bridgehead atoms. The number of esters is 1. The Morgan fingerprint density at radius 1 is 1.12 bits per heavy atom. The Morgan fingerprint density at radius 3 is 2.50 bits per heavy atom. The lowest BCUT2D eigenvalue weighted by Gasteiger charge is -2.30. The molecular weight excluding hydrogens is 332 g/mol. The summed E-state index contributed by atoms with van der Waals surface area (Å²) in [7, 11) is 1.30. The number of ether oxygens (including phenoxy) is 1. The summed E-state index contributed by atoms with van der Waals surface area (Å²) in [5.74, 6) is 0.580. The SMILES string of the molecule is COC(=O)c1ccccc1NC(=O)c1ccc(N2CCC(C)CC2)nn1. The fraction of sp³-hybridized carbons (Fsp3) is 0.368. The van der Waals surface area contributed by atoms with E-state index in [0.717, 1.165) is 37.7 Å². The molecule has 1 aromatic carbocycles. The maximum Gasteiger partial charge on any atom is 0.339 e. The summed E-state index contributed by atoms with van der Waals surface area (Å²) in [6.45, 7) is 4.16. The van der Waals surface area contributed by atoms with Crippen LogP contribution in [0.1, 0.15) is 40.6 Å². The fourth-order valence-electron chi connectivity index (χ4n) is 2.92. The van der Waals surface area contributed by atoms with E-state index in [0.29, 0.717) is 5.69 Å². The molecule has 7 heteroatoms. The quantitative estimate of drug-likeness (QED) is 0.850. The molecule has 7 nitrogen and oxygen atoms in total. The van der Waals surface area contributed by atoms with Crippen molar-refractivity contribution in [2.75, 3.05) is 30.4 Å². The van der Waals surface area contributed by atoms with Crippen molar-refractivity contribution in [2.45, 2.75) is 19.8 Å². The summed E-state index contributed by atoms with van der Waals surface area (Å²) in [6.07, 6.45) is 2.27. The average molecular weight is 354 g/mol. The molecule has 1 aromatic heterocycles. The van der Waals surface area contributed by atoms with Crippen LogP contribution in [0.3, 0.4) is 0 Å². The van der Waals surface area contributed by atoms with E-state index < -0.39 is 11.9 Å². The molecular formula is C19H22N4O3. The van der Waals surface area contributed by atoms with Crippen LogP contribution in [-0.4, -0.2) is 42.3 Å². The van der Waals surface area contributed by atoms with Gasteiger partial charge < -0.3 is 15.0 Å². The van der Waals surface area contributed by atoms with E-state index in [1.54, 1.807) is 30.3 Å². The molecule has 3 rings (SSSR count). The van der Waals surface area contributed by atoms with Crippen LogP contribution in [0, 0.1) is 5.92 Å². The van der Waals surface area contributed by atoms with Gasteiger partial charge in [0.25, 0.3) is 5.91 Å². The summed E-state index contributed by atoms with van der Waals surface area (Å²) in [4.78, 5) is 26.4. The van der Waals surface area contributed by atoms with E-state index in [1.807, 2.05) is 6.07 Å². The molecule has 1 saturated heterocycles. The van der Waals surface area contributed by atoms with Gasteiger partial charge in [0.1, 0.15) is 0 Å². The van der Waals surface area contributed by atoms with Crippen LogP contribution in [0.15, 0.2) is 36.4 Å². The van der Waals surface area contributed by atoms with E-state index in [4.69, 9.17) is 4.74 Å². The predicted molar refractivity (Wildman–Crippen MR) is 98.4 cm³/mol. The number of methoxy groups -OCH3 is 1. The van der Waals surface area contributed by atoms with Crippen molar-refractivity contribution in [3.63, 3.8) is 0 Å². The number of hydrogen-bond donors (Lipinski definition) is 1. The largest absolute Gasteiger partial charge is 0.465 e. The lowest BCUT2D eigenvalue weighted by atomic mass is 9.99. The standard InChI is InChI=1S/C19H22N4O3/c1-13-9-11-23(12-10-13)17-8-7-16(21-22-17)18(24)20-15-6-4-3-5-14(15)19(25)26-2/h3-8,13H,9-12H2,1-2H3,(H,20,24). The second kappa shape index (κ2) is 7.95. The van der Waals surface area contributed by atoms with Gasteiger partial charge in [-0.15, -0.1) is 10.2 Å². The zero-order valence-electron chi connectivity index (χ0n) is 14.9. The van der Waals surface area contributed by atoms with Crippen molar-refractivity contribution in [1.29, 1.82) is 0 Å². The van der Waals surface area contributed by atoms with Crippen LogP contribution in [0.25, 0.3) is 0 Å². The van der Waals surface area contributed by atoms with Crippen molar-refractivity contribution < 1.29 is 14.3 Å². The lowest BCUT2D eigenvalue weighted by Crippen LogP contribution is -2.33. The lowest BCUT2D eigenvalue weighted by molar-refractivity contribution is 0.0602. The van der Waals surface area contributed by atoms with Gasteiger partial charge in [-0.3, -0.25) is 4.79 Å². The third-order valence-corrected chi connectivity index (χ3v) is 4.57. The molecule has 26 heavy (non-hydrogen) atoms. The van der Waals surface area contributed by atoms with Gasteiger partial charge in [0, 0.05) is 13.1 Å². The molecule has 0 radical (unpaired) electrons. The minimum Gasteiger partial charge on any atom is -0.465 e. The molecule has 0 aliphatic carbocycles. The number of benzene rings is 1. The number of carbonyl (C=O) groups excluding carboxylic acids is 2. The Hall–Kier alpha value is -2.96. The number of carbonyl (C=O) groups is 2. The van der Waals surface area contributed by atoms with E-state index in [2.05, 4.69) is 27.3 Å². The number of hydrogen-bond acceptors (Lipinski definition) is 6. The number of piperidine rings is 1. The van der Waals surface area contributed by atoms with E-state index in [-0.39, 0.29) is 11.3 Å². The molecule has 0 atom stereocenters. The molecule has 1 amide bonds. The highest BCUT2D eigenvalue weighted by atomic mass is 16.5. The van der Waals surface area contributed by atoms with Gasteiger partial charge in [-0.25, -0.2) is 4.79 Å². The molecule has 1 N–H and O–H groups in total. The number of rotatable bonds is 4. The van der Waals surface area contributed by atoms with Gasteiger partial charge in [0.05, 0.1) is 18.4 Å². The van der Waals surface area contributed by atoms with Gasteiger partial charge in [-0.2, -0.15) is 0 Å². The number of nitrogens with zero attached hydrogens (tertiary/aromatic N) is 3. The molecule has 2 heterocycles. The molecule has 1 aliphatic heterocycles. The summed E-state index contributed by atoms with van der Waals surface area (Å²) in [5.41, 5.74) is 0.856. The highest BCUT2D eigenvalue weighted by Gasteiger charge is 2.19. The van der Waals surface area contributed by atoms with Gasteiger partial charge in [-0.05, 0) is 43.0 Å². The summed E-state index contributed by atoms with van der Waals surface area (Å²) < 4.78 is 4.73. The van der Waals surface area contributed by atoms with E-state index >= 15 is 0 Å². The maximum atomic E-state index is 12.4. The Bertz CT molecular complexity index is 784. The molecule has 0 spiro atoms. The Balaban J connectivity index is 1.70. The zero-order valence-corrected chi connectivity index (χ0v) is 14.9. The van der Waals surface area contributed by atoms with Crippen molar-refractivity contribution in [1.82, 2.24) is 10.2 Å². The minimum atomic E-state index is -0.512. The van der Waals surface area contributed by atoms with E-state index in [9.17, 15) is 9.59 Å². The Labute approximate surface area is 152 Å². The second-order valence-electron chi connectivity index (χ2n) is 6.44. The third kappa shape index (κ3) is 3.99. The maximum absolute atomic E-state index is 12.4. The van der Waals surface area contributed by atoms with Gasteiger partial charge in [0.15, 0.2) is 11.5 Å². The first kappa shape index (κ1) is 17.8. The third-order valence-electron chi connectivity index (χ3n) is 4.57. The molecule has 1 fully saturated rings. The molecule has 1 aliphatic rings. The summed E-state index contributed by atoms with van der Waals surface area (Å²) >= 11 is 0. The fourth-order valence-corrected chi connectivity index (χ4v) is 2.92. The summed E-state index contributed by atoms with van der Waals surface area (Å²) in [6, 6.07) is 10.1. The van der Waals surface area contributed by atoms with Crippen LogP contribution in [0.4, 0.5) is 11.5 Å². The van der Waals surface area contributed by atoms with Crippen molar-refractivity contribution >= 4 is 23.4 Å². The monoisotopic (exact) mass is 354 g/mol.